The molecular weight excluding hydrogens is 383 g/mol. The highest BCUT2D eigenvalue weighted by Crippen LogP contribution is 2.48. The maximum atomic E-state index is 13.7. The second-order valence-corrected chi connectivity index (χ2v) is 6.41. The van der Waals surface area contributed by atoms with Crippen LogP contribution in [-0.2, 0) is 10.2 Å². The molecule has 0 spiro atoms. The topological polar surface area (TPSA) is 77.0 Å². The van der Waals surface area contributed by atoms with Crippen LogP contribution in [0.5, 0.6) is 5.75 Å². The van der Waals surface area contributed by atoms with Crippen LogP contribution in [-0.4, -0.2) is 28.0 Å². The highest BCUT2D eigenvalue weighted by Gasteiger charge is 2.51. The normalized spacial score (nSPS) is 13.9. The van der Waals surface area contributed by atoms with E-state index in [0.717, 1.165) is 18.4 Å². The first-order valence-electron chi connectivity index (χ1n) is 8.50. The van der Waals surface area contributed by atoms with Crippen LogP contribution in [0.2, 0.25) is 0 Å². The molecule has 2 aromatic heterocycles. The van der Waals surface area contributed by atoms with Gasteiger partial charge in [-0.25, -0.2) is 14.4 Å². The number of pyridine rings is 1. The molecule has 0 bridgehead atoms. The molecule has 0 radical (unpaired) electrons. The first-order chi connectivity index (χ1) is 13.1. The zero-order chi connectivity index (χ0) is 18.9. The largest absolute Gasteiger partial charge is 0.496 e. The molecule has 2 heterocycles. The standard InChI is InChI=1S/C20H17FN4O2.ClH/c1-27-17-3-2-14(21)10-15(17)16-11-18(24-12-23-16)25-19(26)20(6-7-20)13-4-8-22-9-5-13;/h2-5,8-12H,6-7H2,1H3,(H,23,24,25,26);1H. The number of rotatable bonds is 5. The summed E-state index contributed by atoms with van der Waals surface area (Å²) in [5, 5.41) is 2.86. The second-order valence-electron chi connectivity index (χ2n) is 6.41. The third kappa shape index (κ3) is 3.66. The zero-order valence-corrected chi connectivity index (χ0v) is 15.9. The number of nitrogens with one attached hydrogen (secondary N) is 1. The number of benzene rings is 1. The minimum atomic E-state index is -0.537. The van der Waals surface area contributed by atoms with Crippen molar-refractivity contribution in [2.24, 2.45) is 0 Å². The Kier molecular flexibility index (Phi) is 5.56. The Morgan fingerprint density at radius 2 is 1.89 bits per heavy atom. The Labute approximate surface area is 167 Å². The van der Waals surface area contributed by atoms with Gasteiger partial charge in [0.05, 0.1) is 18.2 Å². The first kappa shape index (κ1) is 19.7. The molecule has 0 saturated heterocycles. The molecule has 28 heavy (non-hydrogen) atoms. The lowest BCUT2D eigenvalue weighted by molar-refractivity contribution is -0.118. The molecule has 3 aromatic rings. The van der Waals surface area contributed by atoms with Crippen LogP contribution >= 0.6 is 12.4 Å². The van der Waals surface area contributed by atoms with E-state index in [1.807, 2.05) is 12.1 Å². The summed E-state index contributed by atoms with van der Waals surface area (Å²) in [7, 11) is 1.51. The fraction of sp³-hybridized carbons (Fsp3) is 0.200. The molecule has 1 fully saturated rings. The van der Waals surface area contributed by atoms with Crippen molar-refractivity contribution in [1.82, 2.24) is 15.0 Å². The third-order valence-electron chi connectivity index (χ3n) is 4.76. The molecule has 1 aromatic carbocycles. The number of amides is 1. The highest BCUT2D eigenvalue weighted by molar-refractivity contribution is 6.01. The van der Waals surface area contributed by atoms with E-state index >= 15 is 0 Å². The van der Waals surface area contributed by atoms with E-state index < -0.39 is 11.2 Å². The number of halogens is 2. The van der Waals surface area contributed by atoms with Crippen LogP contribution in [0.1, 0.15) is 18.4 Å². The number of nitrogens with zero attached hydrogens (tertiary/aromatic N) is 3. The van der Waals surface area contributed by atoms with Gasteiger partial charge in [-0.2, -0.15) is 0 Å². The highest BCUT2D eigenvalue weighted by atomic mass is 35.5. The number of methoxy groups -OCH3 is 1. The fourth-order valence-corrected chi connectivity index (χ4v) is 3.13. The van der Waals surface area contributed by atoms with Gasteiger partial charge in [0, 0.05) is 24.0 Å². The van der Waals surface area contributed by atoms with Crippen molar-refractivity contribution in [2.75, 3.05) is 12.4 Å². The number of aromatic nitrogens is 3. The summed E-state index contributed by atoms with van der Waals surface area (Å²) in [6, 6.07) is 9.51. The summed E-state index contributed by atoms with van der Waals surface area (Å²) in [5.74, 6) is 0.327. The molecule has 144 valence electrons. The SMILES string of the molecule is COc1ccc(F)cc1-c1cc(NC(=O)C2(c3ccncc3)CC2)ncn1.Cl. The number of carbonyl (C=O) groups is 1. The molecule has 1 aliphatic rings. The van der Waals surface area contributed by atoms with E-state index in [4.69, 9.17) is 4.74 Å². The summed E-state index contributed by atoms with van der Waals surface area (Å²) < 4.78 is 18.9. The number of hydrogen-bond donors (Lipinski definition) is 1. The quantitative estimate of drug-likeness (QED) is 0.705. The smallest absolute Gasteiger partial charge is 0.236 e. The molecule has 0 unspecified atom stereocenters. The summed E-state index contributed by atoms with van der Waals surface area (Å²) >= 11 is 0. The molecule has 1 aliphatic carbocycles. The van der Waals surface area contributed by atoms with E-state index in [1.165, 1.54) is 31.6 Å². The lowest BCUT2D eigenvalue weighted by atomic mass is 9.96. The lowest BCUT2D eigenvalue weighted by Crippen LogP contribution is -2.28. The van der Waals surface area contributed by atoms with Crippen LogP contribution in [0.4, 0.5) is 10.2 Å². The molecular formula is C20H18ClFN4O2. The minimum absolute atomic E-state index is 0. The summed E-state index contributed by atoms with van der Waals surface area (Å²) in [6.45, 7) is 0. The van der Waals surface area contributed by atoms with Gasteiger partial charge in [-0.3, -0.25) is 9.78 Å². The van der Waals surface area contributed by atoms with Crippen molar-refractivity contribution in [2.45, 2.75) is 18.3 Å². The number of hydrogen-bond acceptors (Lipinski definition) is 5. The van der Waals surface area contributed by atoms with Crippen molar-refractivity contribution in [3.05, 3.63) is 66.5 Å². The van der Waals surface area contributed by atoms with E-state index in [-0.39, 0.29) is 18.3 Å². The van der Waals surface area contributed by atoms with Gasteiger partial charge in [0.25, 0.3) is 0 Å². The van der Waals surface area contributed by atoms with Crippen molar-refractivity contribution < 1.29 is 13.9 Å². The van der Waals surface area contributed by atoms with E-state index in [0.29, 0.717) is 22.8 Å². The van der Waals surface area contributed by atoms with Crippen LogP contribution in [0.3, 0.4) is 0 Å². The minimum Gasteiger partial charge on any atom is -0.496 e. The summed E-state index contributed by atoms with van der Waals surface area (Å²) in [5.41, 5.74) is 1.36. The molecule has 1 saturated carbocycles. The van der Waals surface area contributed by atoms with Crippen molar-refractivity contribution in [1.29, 1.82) is 0 Å². The van der Waals surface area contributed by atoms with Crippen molar-refractivity contribution >= 4 is 24.1 Å². The molecule has 8 heteroatoms. The van der Waals surface area contributed by atoms with Crippen LogP contribution in [0, 0.1) is 5.82 Å². The lowest BCUT2D eigenvalue weighted by Gasteiger charge is -2.15. The second kappa shape index (κ2) is 7.90. The zero-order valence-electron chi connectivity index (χ0n) is 15.1. The van der Waals surface area contributed by atoms with E-state index in [2.05, 4.69) is 20.3 Å². The number of anilines is 1. The third-order valence-corrected chi connectivity index (χ3v) is 4.76. The van der Waals surface area contributed by atoms with Gasteiger partial charge < -0.3 is 10.1 Å². The Morgan fingerprint density at radius 1 is 1.14 bits per heavy atom. The van der Waals surface area contributed by atoms with Gasteiger partial charge in [-0.15, -0.1) is 12.4 Å². The van der Waals surface area contributed by atoms with Gasteiger partial charge in [0.2, 0.25) is 5.91 Å². The average Bonchev–Trinajstić information content (AvgIpc) is 3.51. The Hall–Kier alpha value is -3.06. The molecule has 6 nitrogen and oxygen atoms in total. The predicted molar refractivity (Wildman–Crippen MR) is 105 cm³/mol. The average molecular weight is 401 g/mol. The van der Waals surface area contributed by atoms with Gasteiger partial charge in [0.15, 0.2) is 0 Å². The Morgan fingerprint density at radius 3 is 2.57 bits per heavy atom. The van der Waals surface area contributed by atoms with Crippen molar-refractivity contribution in [3.8, 4) is 17.0 Å². The first-order valence-corrected chi connectivity index (χ1v) is 8.50. The number of carbonyl (C=O) groups excluding carboxylic acids is 1. The van der Waals surface area contributed by atoms with Crippen molar-refractivity contribution in [3.63, 3.8) is 0 Å². The van der Waals surface area contributed by atoms with Crippen LogP contribution in [0.15, 0.2) is 55.1 Å². The summed E-state index contributed by atoms with van der Waals surface area (Å²) in [4.78, 5) is 25.2. The monoisotopic (exact) mass is 400 g/mol. The van der Waals surface area contributed by atoms with Gasteiger partial charge >= 0.3 is 0 Å². The molecule has 1 amide bonds. The number of ether oxygens (including phenoxy) is 1. The van der Waals surface area contributed by atoms with Gasteiger partial charge in [-0.05, 0) is 48.7 Å². The molecule has 0 atom stereocenters. The summed E-state index contributed by atoms with van der Waals surface area (Å²) in [6.07, 6.45) is 6.25. The van der Waals surface area contributed by atoms with Gasteiger partial charge in [0.1, 0.15) is 23.7 Å². The predicted octanol–water partition coefficient (Wildman–Crippen LogP) is 3.78. The van der Waals surface area contributed by atoms with Crippen LogP contribution < -0.4 is 10.1 Å². The maximum absolute atomic E-state index is 13.7. The fourth-order valence-electron chi connectivity index (χ4n) is 3.13. The molecule has 1 N–H and O–H groups in total. The molecule has 0 aliphatic heterocycles. The Bertz CT molecular complexity index is 997. The van der Waals surface area contributed by atoms with Gasteiger partial charge in [-0.1, -0.05) is 0 Å². The van der Waals surface area contributed by atoms with E-state index in [9.17, 15) is 9.18 Å². The van der Waals surface area contributed by atoms with E-state index in [1.54, 1.807) is 18.5 Å². The Balaban J connectivity index is 0.00000225. The van der Waals surface area contributed by atoms with Crippen LogP contribution in [0.25, 0.3) is 11.3 Å². The maximum Gasteiger partial charge on any atom is 0.236 e. The molecule has 4 rings (SSSR count).